The van der Waals surface area contributed by atoms with Crippen LogP contribution in [-0.4, -0.2) is 34.9 Å². The molecule has 8 nitrogen and oxygen atoms in total. The Bertz CT molecular complexity index is 7730. The SMILES string of the molecule is c1ccc(-c2nc(-c3cccc4c3nc(-c3ccccc3)c3cccc(-c5ccccc5)c34)nc3ccccc23)cc1.c1ccc(-c2nc3c(-c4ccc(-c5nc6ccccc6o5)cc4)cccc3c3c(-c4ccccc4)cccc23)cc1.c1ccc(-c2nc3c(-c4ccc(-c5nc6ccccc6s5)cc4)cccc3c3c(-c4ccccc4)cccc23)cc1. The summed E-state index contributed by atoms with van der Waals surface area (Å²) in [5, 5.41) is 12.5. The number of rotatable bonds is 12. The van der Waals surface area contributed by atoms with Gasteiger partial charge in [-0.25, -0.2) is 34.9 Å². The summed E-state index contributed by atoms with van der Waals surface area (Å²) in [6.45, 7) is 0. The number of fused-ring (bicyclic) bond motifs is 12. The molecule has 6 aromatic heterocycles. The van der Waals surface area contributed by atoms with Crippen LogP contribution in [0.25, 0.3) is 231 Å². The van der Waals surface area contributed by atoms with E-state index in [-0.39, 0.29) is 0 Å². The summed E-state index contributed by atoms with van der Waals surface area (Å²) in [6, 6.07) is 154. The highest BCUT2D eigenvalue weighted by Gasteiger charge is 2.24. The van der Waals surface area contributed by atoms with Crippen LogP contribution in [0.1, 0.15) is 0 Å². The van der Waals surface area contributed by atoms with Crippen LogP contribution in [0.5, 0.6) is 0 Å². The summed E-state index contributed by atoms with van der Waals surface area (Å²) >= 11 is 1.73. The first-order chi connectivity index (χ1) is 61.5. The Balaban J connectivity index is 0.000000111. The molecule has 24 aromatic rings. The van der Waals surface area contributed by atoms with Crippen molar-refractivity contribution in [3.05, 3.63) is 443 Å². The van der Waals surface area contributed by atoms with Crippen LogP contribution in [0.15, 0.2) is 447 Å². The van der Waals surface area contributed by atoms with Gasteiger partial charge in [-0.15, -0.1) is 11.3 Å². The van der Waals surface area contributed by atoms with E-state index in [1.54, 1.807) is 11.3 Å². The van der Waals surface area contributed by atoms with E-state index in [4.69, 9.17) is 34.3 Å². The second kappa shape index (κ2) is 32.4. The zero-order chi connectivity index (χ0) is 82.2. The highest BCUT2D eigenvalue weighted by molar-refractivity contribution is 7.21. The van der Waals surface area contributed by atoms with E-state index in [1.165, 1.54) is 54.2 Å². The molecule has 0 aliphatic carbocycles. The Morgan fingerprint density at radius 3 is 0.903 bits per heavy atom. The average molecular weight is 1600 g/mol. The van der Waals surface area contributed by atoms with Crippen LogP contribution in [0.2, 0.25) is 0 Å². The van der Waals surface area contributed by atoms with E-state index < -0.39 is 0 Å². The van der Waals surface area contributed by atoms with Gasteiger partial charge in [0, 0.05) is 104 Å². The Kier molecular flexibility index (Phi) is 19.3. The van der Waals surface area contributed by atoms with Gasteiger partial charge in [0.25, 0.3) is 0 Å². The number of aromatic nitrogens is 7. The molecule has 0 unspecified atom stereocenters. The molecule has 0 atom stereocenters. The van der Waals surface area contributed by atoms with Crippen LogP contribution in [0.3, 0.4) is 0 Å². The van der Waals surface area contributed by atoms with Gasteiger partial charge in [-0.1, -0.05) is 394 Å². The summed E-state index contributed by atoms with van der Waals surface area (Å²) in [5.74, 6) is 1.29. The maximum atomic E-state index is 6.01. The number of nitrogens with zero attached hydrogens (tertiary/aromatic N) is 7. The van der Waals surface area contributed by atoms with Crippen molar-refractivity contribution < 1.29 is 4.42 Å². The molecule has 580 valence electrons. The zero-order valence-corrected chi connectivity index (χ0v) is 67.9. The lowest BCUT2D eigenvalue weighted by atomic mass is 9.91. The quantitative estimate of drug-likeness (QED) is 0.111. The van der Waals surface area contributed by atoms with Crippen molar-refractivity contribution in [1.82, 2.24) is 34.9 Å². The monoisotopic (exact) mass is 1600 g/mol. The summed E-state index contributed by atoms with van der Waals surface area (Å²) in [6.07, 6.45) is 0. The predicted molar refractivity (Wildman–Crippen MR) is 517 cm³/mol. The Morgan fingerprint density at radius 1 is 0.177 bits per heavy atom. The minimum Gasteiger partial charge on any atom is -0.436 e. The van der Waals surface area contributed by atoms with Gasteiger partial charge in [0.05, 0.1) is 55.1 Å². The van der Waals surface area contributed by atoms with Crippen LogP contribution < -0.4 is 0 Å². The standard InChI is InChI=1S/C39H25N3.C38H24N2O.C38H24N2S/c1-4-14-26(15-5-1)29-21-12-22-31-35(29)32-23-13-24-33(38(32)41-37(31)28-18-8-3-9-19-28)39-40-34-25-11-10-20-30(34)36(42-39)27-16-6-2-7-17-27;2*1-3-11-25(12-4-1)29-15-9-17-31-35(29)32-18-10-16-30(37(32)40-36(31)27-13-5-2-6-14-27)26-21-23-28(24-22-26)38-39-33-19-7-8-20-34(33)41-38/h1-25H;2*1-24H. The molecule has 0 radical (unpaired) electrons. The average Bonchev–Trinajstić information content (AvgIpc) is 0.801. The zero-order valence-electron chi connectivity index (χ0n) is 67.1. The molecule has 0 spiro atoms. The van der Waals surface area contributed by atoms with E-state index in [2.05, 4.69) is 387 Å². The minimum absolute atomic E-state index is 0.624. The minimum atomic E-state index is 0.624. The van der Waals surface area contributed by atoms with Gasteiger partial charge in [-0.3, -0.25) is 0 Å². The fourth-order valence-corrected chi connectivity index (χ4v) is 18.5. The molecule has 0 saturated carbocycles. The van der Waals surface area contributed by atoms with E-state index in [0.717, 1.165) is 165 Å². The Morgan fingerprint density at radius 2 is 0.484 bits per heavy atom. The third kappa shape index (κ3) is 13.9. The van der Waals surface area contributed by atoms with Crippen molar-refractivity contribution in [3.8, 4) is 134 Å². The van der Waals surface area contributed by atoms with Gasteiger partial charge in [-0.05, 0) is 93.0 Å². The molecule has 0 aliphatic rings. The third-order valence-electron chi connectivity index (χ3n) is 23.3. The number of pyridine rings is 3. The number of benzene rings is 18. The lowest BCUT2D eigenvalue weighted by Gasteiger charge is -2.16. The van der Waals surface area contributed by atoms with Gasteiger partial charge < -0.3 is 4.42 Å². The first-order valence-corrected chi connectivity index (χ1v) is 42.5. The second-order valence-corrected chi connectivity index (χ2v) is 31.8. The number of hydrogen-bond donors (Lipinski definition) is 0. The van der Waals surface area contributed by atoms with Gasteiger partial charge in [-0.2, -0.15) is 0 Å². The van der Waals surface area contributed by atoms with Gasteiger partial charge in [0.15, 0.2) is 11.4 Å². The van der Waals surface area contributed by atoms with Crippen molar-refractivity contribution >= 4 is 109 Å². The second-order valence-electron chi connectivity index (χ2n) is 30.8. The van der Waals surface area contributed by atoms with Crippen molar-refractivity contribution in [2.24, 2.45) is 0 Å². The lowest BCUT2D eigenvalue weighted by Crippen LogP contribution is -1.98. The smallest absolute Gasteiger partial charge is 0.227 e. The van der Waals surface area contributed by atoms with Gasteiger partial charge in [0.2, 0.25) is 5.89 Å². The lowest BCUT2D eigenvalue weighted by molar-refractivity contribution is 0.620. The number of thiazole rings is 1. The first kappa shape index (κ1) is 74.0. The Labute approximate surface area is 719 Å². The van der Waals surface area contributed by atoms with Crippen LogP contribution >= 0.6 is 11.3 Å². The van der Waals surface area contributed by atoms with Crippen molar-refractivity contribution in [2.75, 3.05) is 0 Å². The molecular weight excluding hydrogens is 1530 g/mol. The molecular formula is C115H73N7OS. The largest absolute Gasteiger partial charge is 0.436 e. The van der Waals surface area contributed by atoms with Crippen molar-refractivity contribution in [2.45, 2.75) is 0 Å². The first-order valence-electron chi connectivity index (χ1n) is 41.7. The number of oxazole rings is 1. The highest BCUT2D eigenvalue weighted by atomic mass is 32.1. The maximum Gasteiger partial charge on any atom is 0.227 e. The number of hydrogen-bond acceptors (Lipinski definition) is 9. The normalized spacial score (nSPS) is 11.4. The molecule has 0 bridgehead atoms. The molecule has 9 heteroatoms. The van der Waals surface area contributed by atoms with E-state index >= 15 is 0 Å². The highest BCUT2D eigenvalue weighted by Crippen LogP contribution is 2.47. The summed E-state index contributed by atoms with van der Waals surface area (Å²) in [4.78, 5) is 36.0. The summed E-state index contributed by atoms with van der Waals surface area (Å²) in [7, 11) is 0. The number of para-hydroxylation sites is 7. The molecule has 0 fully saturated rings. The molecule has 0 aliphatic heterocycles. The van der Waals surface area contributed by atoms with E-state index in [9.17, 15) is 0 Å². The summed E-state index contributed by atoms with van der Waals surface area (Å²) in [5.41, 5.74) is 29.3. The maximum absolute atomic E-state index is 6.01. The van der Waals surface area contributed by atoms with Crippen LogP contribution in [-0.2, 0) is 0 Å². The Hall–Kier alpha value is -16.3. The van der Waals surface area contributed by atoms with Crippen molar-refractivity contribution in [3.63, 3.8) is 0 Å². The van der Waals surface area contributed by atoms with Crippen molar-refractivity contribution in [1.29, 1.82) is 0 Å². The topological polar surface area (TPSA) is 103 Å². The molecule has 0 amide bonds. The summed E-state index contributed by atoms with van der Waals surface area (Å²) < 4.78 is 7.22. The van der Waals surface area contributed by atoms with Gasteiger partial charge >= 0.3 is 0 Å². The van der Waals surface area contributed by atoms with E-state index in [0.29, 0.717) is 11.7 Å². The molecule has 124 heavy (non-hydrogen) atoms. The fraction of sp³-hybridized carbons (Fsp3) is 0. The van der Waals surface area contributed by atoms with Crippen LogP contribution in [0, 0.1) is 0 Å². The molecule has 0 saturated heterocycles. The van der Waals surface area contributed by atoms with E-state index in [1.807, 2.05) is 60.7 Å². The molecule has 18 aromatic carbocycles. The molecule has 24 rings (SSSR count). The predicted octanol–water partition coefficient (Wildman–Crippen LogP) is 30.9. The molecule has 0 N–H and O–H groups in total. The van der Waals surface area contributed by atoms with Gasteiger partial charge in [0.1, 0.15) is 10.5 Å². The fourth-order valence-electron chi connectivity index (χ4n) is 17.5. The third-order valence-corrected chi connectivity index (χ3v) is 24.4. The van der Waals surface area contributed by atoms with Crippen LogP contribution in [0.4, 0.5) is 0 Å². The molecule has 6 heterocycles.